The second-order valence-corrected chi connectivity index (χ2v) is 6.91. The normalized spacial score (nSPS) is 22.8. The molecule has 3 N–H and O–H groups in total. The summed E-state index contributed by atoms with van der Waals surface area (Å²) in [7, 11) is 0. The van der Waals surface area contributed by atoms with Crippen molar-refractivity contribution in [2.75, 3.05) is 0 Å². The zero-order chi connectivity index (χ0) is 13.7. The average molecular weight is 246 g/mol. The molecule has 2 nitrogen and oxygen atoms in total. The third-order valence-electron chi connectivity index (χ3n) is 5.54. The summed E-state index contributed by atoms with van der Waals surface area (Å²) < 4.78 is 0. The van der Waals surface area contributed by atoms with Gasteiger partial charge in [-0.1, -0.05) is 45.9 Å². The molecule has 0 spiro atoms. The first-order valence-corrected chi connectivity index (χ1v) is 6.76. The maximum absolute atomic E-state index is 5.83. The zero-order valence-corrected chi connectivity index (χ0v) is 12.5. The summed E-state index contributed by atoms with van der Waals surface area (Å²) in [6.45, 7) is 13.7. The molecule has 2 heteroatoms. The van der Waals surface area contributed by atoms with Crippen LogP contribution in [0.3, 0.4) is 0 Å². The van der Waals surface area contributed by atoms with E-state index in [1.165, 1.54) is 16.7 Å². The van der Waals surface area contributed by atoms with E-state index in [0.29, 0.717) is 16.7 Å². The molecule has 0 aromatic heterocycles. The highest BCUT2D eigenvalue weighted by molar-refractivity contribution is 5.34. The van der Waals surface area contributed by atoms with Gasteiger partial charge in [-0.25, -0.2) is 0 Å². The first kappa shape index (κ1) is 13.6. The van der Waals surface area contributed by atoms with Crippen LogP contribution in [0.15, 0.2) is 18.2 Å². The van der Waals surface area contributed by atoms with Crippen LogP contribution in [0.5, 0.6) is 0 Å². The SMILES string of the molecule is Cc1ccc(C(NN)C2C(C)(C)C2(C)C)cc1C. The molecule has 0 aliphatic heterocycles. The van der Waals surface area contributed by atoms with Gasteiger partial charge in [-0.15, -0.1) is 0 Å². The lowest BCUT2D eigenvalue weighted by Gasteiger charge is -2.20. The Morgan fingerprint density at radius 1 is 1.06 bits per heavy atom. The summed E-state index contributed by atoms with van der Waals surface area (Å²) in [6.07, 6.45) is 0. The van der Waals surface area contributed by atoms with Gasteiger partial charge in [0, 0.05) is 6.04 Å². The average Bonchev–Trinajstić information content (AvgIpc) is 2.67. The molecule has 0 saturated heterocycles. The number of hydrogen-bond donors (Lipinski definition) is 2. The van der Waals surface area contributed by atoms with Crippen molar-refractivity contribution in [1.82, 2.24) is 5.43 Å². The Morgan fingerprint density at radius 3 is 2.00 bits per heavy atom. The molecule has 0 amide bonds. The lowest BCUT2D eigenvalue weighted by Crippen LogP contribution is -2.31. The van der Waals surface area contributed by atoms with Crippen LogP contribution in [0.1, 0.15) is 50.4 Å². The number of rotatable bonds is 3. The second kappa shape index (κ2) is 4.07. The maximum Gasteiger partial charge on any atom is 0.0498 e. The molecule has 18 heavy (non-hydrogen) atoms. The number of aryl methyl sites for hydroxylation is 2. The number of nitrogens with one attached hydrogen (secondary N) is 1. The predicted molar refractivity (Wildman–Crippen MR) is 77.0 cm³/mol. The molecule has 1 aliphatic carbocycles. The third kappa shape index (κ3) is 1.79. The monoisotopic (exact) mass is 246 g/mol. The summed E-state index contributed by atoms with van der Waals surface area (Å²) in [4.78, 5) is 0. The minimum absolute atomic E-state index is 0.245. The minimum atomic E-state index is 0.245. The van der Waals surface area contributed by atoms with Gasteiger partial charge in [0.05, 0.1) is 0 Å². The molecule has 2 rings (SSSR count). The van der Waals surface area contributed by atoms with Crippen LogP contribution in [0.25, 0.3) is 0 Å². The van der Waals surface area contributed by atoms with Gasteiger partial charge in [0.25, 0.3) is 0 Å². The molecule has 1 aromatic rings. The van der Waals surface area contributed by atoms with E-state index < -0.39 is 0 Å². The number of hydrogen-bond acceptors (Lipinski definition) is 2. The molecular formula is C16H26N2. The summed E-state index contributed by atoms with van der Waals surface area (Å²) in [5.41, 5.74) is 7.69. The molecule has 0 heterocycles. The number of nitrogens with two attached hydrogens (primary N) is 1. The van der Waals surface area contributed by atoms with Crippen molar-refractivity contribution in [3.05, 3.63) is 34.9 Å². The van der Waals surface area contributed by atoms with E-state index in [4.69, 9.17) is 5.84 Å². The van der Waals surface area contributed by atoms with E-state index >= 15 is 0 Å². The molecule has 0 bridgehead atoms. The first-order chi connectivity index (χ1) is 8.23. The van der Waals surface area contributed by atoms with E-state index in [1.807, 2.05) is 0 Å². The standard InChI is InChI=1S/C16H26N2/c1-10-7-8-12(9-11(10)2)13(18-17)14-15(3,4)16(14,5)6/h7-9,13-14,18H,17H2,1-6H3. The van der Waals surface area contributed by atoms with Crippen molar-refractivity contribution < 1.29 is 0 Å². The lowest BCUT2D eigenvalue weighted by atomic mass is 9.94. The lowest BCUT2D eigenvalue weighted by molar-refractivity contribution is 0.417. The number of hydrazine groups is 1. The first-order valence-electron chi connectivity index (χ1n) is 6.76. The second-order valence-electron chi connectivity index (χ2n) is 6.91. The Hall–Kier alpha value is -0.860. The van der Waals surface area contributed by atoms with E-state index in [0.717, 1.165) is 0 Å². The van der Waals surface area contributed by atoms with Crippen molar-refractivity contribution in [3.8, 4) is 0 Å². The Balaban J connectivity index is 2.33. The van der Waals surface area contributed by atoms with E-state index in [-0.39, 0.29) is 6.04 Å². The fourth-order valence-corrected chi connectivity index (χ4v) is 3.42. The molecule has 1 unspecified atom stereocenters. The molecule has 1 aromatic carbocycles. The van der Waals surface area contributed by atoms with Gasteiger partial charge in [-0.05, 0) is 47.3 Å². The smallest absolute Gasteiger partial charge is 0.0498 e. The molecule has 1 aliphatic rings. The summed E-state index contributed by atoms with van der Waals surface area (Å²) in [6, 6.07) is 6.91. The predicted octanol–water partition coefficient (Wildman–Crippen LogP) is 3.49. The Bertz CT molecular complexity index is 446. The van der Waals surface area contributed by atoms with Gasteiger partial charge >= 0.3 is 0 Å². The van der Waals surface area contributed by atoms with Crippen molar-refractivity contribution in [2.24, 2.45) is 22.6 Å². The van der Waals surface area contributed by atoms with Gasteiger partial charge in [0.15, 0.2) is 0 Å². The van der Waals surface area contributed by atoms with Gasteiger partial charge in [-0.3, -0.25) is 11.3 Å². The fraction of sp³-hybridized carbons (Fsp3) is 0.625. The van der Waals surface area contributed by atoms with Crippen molar-refractivity contribution in [2.45, 2.75) is 47.6 Å². The summed E-state index contributed by atoms with van der Waals surface area (Å²) in [5.74, 6) is 6.41. The summed E-state index contributed by atoms with van der Waals surface area (Å²) in [5, 5.41) is 0. The highest BCUT2D eigenvalue weighted by Gasteiger charge is 2.67. The largest absolute Gasteiger partial charge is 0.271 e. The maximum atomic E-state index is 5.83. The third-order valence-corrected chi connectivity index (χ3v) is 5.54. The van der Waals surface area contributed by atoms with Crippen LogP contribution in [0, 0.1) is 30.6 Å². The zero-order valence-electron chi connectivity index (χ0n) is 12.5. The van der Waals surface area contributed by atoms with Crippen molar-refractivity contribution in [1.29, 1.82) is 0 Å². The highest BCUT2D eigenvalue weighted by Crippen LogP contribution is 2.72. The molecule has 100 valence electrons. The van der Waals surface area contributed by atoms with Gasteiger partial charge in [-0.2, -0.15) is 0 Å². The van der Waals surface area contributed by atoms with Gasteiger partial charge in [0.1, 0.15) is 0 Å². The molecule has 0 radical (unpaired) electrons. The molecular weight excluding hydrogens is 220 g/mol. The van der Waals surface area contributed by atoms with Crippen LogP contribution in [-0.4, -0.2) is 0 Å². The topological polar surface area (TPSA) is 38.0 Å². The van der Waals surface area contributed by atoms with Crippen LogP contribution >= 0.6 is 0 Å². The minimum Gasteiger partial charge on any atom is -0.271 e. The summed E-state index contributed by atoms with van der Waals surface area (Å²) >= 11 is 0. The van der Waals surface area contributed by atoms with Crippen LogP contribution in [0.2, 0.25) is 0 Å². The Kier molecular flexibility index (Phi) is 3.07. The van der Waals surface area contributed by atoms with Crippen LogP contribution in [0.4, 0.5) is 0 Å². The van der Waals surface area contributed by atoms with E-state index in [9.17, 15) is 0 Å². The van der Waals surface area contributed by atoms with E-state index in [2.05, 4.69) is 65.2 Å². The fourth-order valence-electron chi connectivity index (χ4n) is 3.42. The van der Waals surface area contributed by atoms with E-state index in [1.54, 1.807) is 0 Å². The number of benzene rings is 1. The Labute approximate surface area is 111 Å². The molecule has 1 fully saturated rings. The molecule has 1 atom stereocenters. The van der Waals surface area contributed by atoms with Crippen molar-refractivity contribution >= 4 is 0 Å². The van der Waals surface area contributed by atoms with Gasteiger partial charge in [0.2, 0.25) is 0 Å². The van der Waals surface area contributed by atoms with Crippen molar-refractivity contribution in [3.63, 3.8) is 0 Å². The van der Waals surface area contributed by atoms with Gasteiger partial charge < -0.3 is 0 Å². The van der Waals surface area contributed by atoms with Crippen LogP contribution in [-0.2, 0) is 0 Å². The Morgan fingerprint density at radius 2 is 1.61 bits per heavy atom. The quantitative estimate of drug-likeness (QED) is 0.633. The highest BCUT2D eigenvalue weighted by atomic mass is 15.2. The van der Waals surface area contributed by atoms with Crippen LogP contribution < -0.4 is 11.3 Å². The molecule has 1 saturated carbocycles.